The molecule has 3 aromatic rings. The van der Waals surface area contributed by atoms with Gasteiger partial charge in [-0.1, -0.05) is 31.5 Å². The number of primary sulfonamides is 1. The lowest BCUT2D eigenvalue weighted by atomic mass is 10.2. The third-order valence-corrected chi connectivity index (χ3v) is 5.17. The summed E-state index contributed by atoms with van der Waals surface area (Å²) in [6.45, 7) is 2.82. The van der Waals surface area contributed by atoms with Crippen LogP contribution in [0.25, 0.3) is 21.9 Å². The number of para-hydroxylation sites is 1. The van der Waals surface area contributed by atoms with Gasteiger partial charge in [0.05, 0.1) is 16.8 Å². The Balaban J connectivity index is 1.93. The van der Waals surface area contributed by atoms with Crippen molar-refractivity contribution in [1.29, 1.82) is 0 Å². The molecule has 4 N–H and O–H groups in total. The topological polar surface area (TPSA) is 117 Å². The number of sulfonamides is 1. The third kappa shape index (κ3) is 3.74. The van der Waals surface area contributed by atoms with Crippen molar-refractivity contribution in [2.45, 2.75) is 39.2 Å². The van der Waals surface area contributed by atoms with E-state index in [0.29, 0.717) is 12.2 Å². The number of hydrogen-bond donors (Lipinski definition) is 2. The van der Waals surface area contributed by atoms with Crippen molar-refractivity contribution in [3.63, 3.8) is 0 Å². The quantitative estimate of drug-likeness (QED) is 0.626. The van der Waals surface area contributed by atoms with Crippen LogP contribution in [0.2, 0.25) is 0 Å². The lowest BCUT2D eigenvalue weighted by Gasteiger charge is -2.10. The number of nitrogens with two attached hydrogens (primary N) is 2. The van der Waals surface area contributed by atoms with Crippen LogP contribution in [-0.4, -0.2) is 28.7 Å². The number of aryl methyl sites for hydroxylation is 2. The predicted octanol–water partition coefficient (Wildman–Crippen LogP) is 2.19. The van der Waals surface area contributed by atoms with E-state index in [0.717, 1.165) is 53.6 Å². The van der Waals surface area contributed by atoms with Gasteiger partial charge in [0.15, 0.2) is 5.82 Å². The standard InChI is InChI=1S/C17H23N5O2S/c1-2-14-21-15-16(12-8-4-5-9-13(12)20-17(15)18)22(14)10-6-3-7-11-25(19,23)24/h4-5,8-9H,2-3,6-7,10-11H2,1H3,(H2,18,20)(H2,19,23,24). The molecule has 7 nitrogen and oxygen atoms in total. The molecule has 0 aliphatic heterocycles. The summed E-state index contributed by atoms with van der Waals surface area (Å²) in [5.41, 5.74) is 8.71. The van der Waals surface area contributed by atoms with Crippen molar-refractivity contribution < 1.29 is 8.42 Å². The zero-order chi connectivity index (χ0) is 18.0. The molecular formula is C17H23N5O2S. The Labute approximate surface area is 147 Å². The summed E-state index contributed by atoms with van der Waals surface area (Å²) < 4.78 is 24.2. The molecule has 0 bridgehead atoms. The molecule has 0 fully saturated rings. The number of benzene rings is 1. The number of anilines is 1. The molecule has 0 radical (unpaired) electrons. The van der Waals surface area contributed by atoms with Crippen LogP contribution in [0.15, 0.2) is 24.3 Å². The maximum atomic E-state index is 11.0. The minimum atomic E-state index is -3.38. The third-order valence-electron chi connectivity index (χ3n) is 4.32. The van der Waals surface area contributed by atoms with Gasteiger partial charge in [-0.2, -0.15) is 0 Å². The van der Waals surface area contributed by atoms with Crippen molar-refractivity contribution >= 4 is 37.8 Å². The minimum absolute atomic E-state index is 0.0259. The molecular weight excluding hydrogens is 338 g/mol. The smallest absolute Gasteiger partial charge is 0.209 e. The molecule has 8 heteroatoms. The van der Waals surface area contributed by atoms with Gasteiger partial charge in [-0.3, -0.25) is 0 Å². The highest BCUT2D eigenvalue weighted by molar-refractivity contribution is 7.89. The van der Waals surface area contributed by atoms with Crippen LogP contribution in [0.3, 0.4) is 0 Å². The number of nitrogens with zero attached hydrogens (tertiary/aromatic N) is 3. The van der Waals surface area contributed by atoms with Gasteiger partial charge in [0.25, 0.3) is 0 Å². The van der Waals surface area contributed by atoms with Gasteiger partial charge < -0.3 is 10.3 Å². The van der Waals surface area contributed by atoms with E-state index in [1.54, 1.807) is 0 Å². The monoisotopic (exact) mass is 361 g/mol. The van der Waals surface area contributed by atoms with Crippen LogP contribution in [-0.2, 0) is 23.0 Å². The van der Waals surface area contributed by atoms with Crippen molar-refractivity contribution in [2.75, 3.05) is 11.5 Å². The lowest BCUT2D eigenvalue weighted by molar-refractivity contribution is 0.576. The summed E-state index contributed by atoms with van der Waals surface area (Å²) in [6, 6.07) is 7.90. The molecule has 0 spiro atoms. The molecule has 0 aliphatic rings. The summed E-state index contributed by atoms with van der Waals surface area (Å²) in [7, 11) is -3.38. The second-order valence-corrected chi connectivity index (χ2v) is 7.91. The fourth-order valence-corrected chi connectivity index (χ4v) is 3.77. The van der Waals surface area contributed by atoms with Gasteiger partial charge in [0, 0.05) is 18.4 Å². The van der Waals surface area contributed by atoms with Crippen LogP contribution in [0, 0.1) is 0 Å². The highest BCUT2D eigenvalue weighted by atomic mass is 32.2. The fourth-order valence-electron chi connectivity index (χ4n) is 3.17. The maximum Gasteiger partial charge on any atom is 0.209 e. The lowest BCUT2D eigenvalue weighted by Crippen LogP contribution is -2.16. The molecule has 2 aromatic heterocycles. The van der Waals surface area contributed by atoms with Gasteiger partial charge in [-0.15, -0.1) is 0 Å². The summed E-state index contributed by atoms with van der Waals surface area (Å²) in [5, 5.41) is 6.08. The first kappa shape index (κ1) is 17.6. The zero-order valence-corrected chi connectivity index (χ0v) is 15.1. The van der Waals surface area contributed by atoms with E-state index in [1.165, 1.54) is 0 Å². The van der Waals surface area contributed by atoms with Crippen LogP contribution in [0.5, 0.6) is 0 Å². The number of nitrogen functional groups attached to an aromatic ring is 1. The van der Waals surface area contributed by atoms with Crippen molar-refractivity contribution in [3.8, 4) is 0 Å². The predicted molar refractivity (Wildman–Crippen MR) is 101 cm³/mol. The Morgan fingerprint density at radius 1 is 1.12 bits per heavy atom. The van der Waals surface area contributed by atoms with E-state index in [9.17, 15) is 8.42 Å². The van der Waals surface area contributed by atoms with E-state index in [2.05, 4.69) is 21.5 Å². The average molecular weight is 361 g/mol. The second kappa shape index (κ2) is 6.97. The summed E-state index contributed by atoms with van der Waals surface area (Å²) in [4.78, 5) is 9.13. The van der Waals surface area contributed by atoms with Crippen LogP contribution >= 0.6 is 0 Å². The Morgan fingerprint density at radius 2 is 1.88 bits per heavy atom. The first-order valence-corrected chi connectivity index (χ1v) is 10.2. The summed E-state index contributed by atoms with van der Waals surface area (Å²) in [5.74, 6) is 1.43. The van der Waals surface area contributed by atoms with Crippen LogP contribution < -0.4 is 10.9 Å². The first-order valence-electron chi connectivity index (χ1n) is 8.44. The van der Waals surface area contributed by atoms with Crippen molar-refractivity contribution in [3.05, 3.63) is 30.1 Å². The second-order valence-electron chi connectivity index (χ2n) is 6.17. The first-order chi connectivity index (χ1) is 11.9. The molecule has 0 atom stereocenters. The van der Waals surface area contributed by atoms with Gasteiger partial charge in [-0.05, 0) is 18.9 Å². The summed E-state index contributed by atoms with van der Waals surface area (Å²) in [6.07, 6.45) is 3.00. The van der Waals surface area contributed by atoms with Crippen LogP contribution in [0.4, 0.5) is 5.82 Å². The molecule has 2 heterocycles. The highest BCUT2D eigenvalue weighted by Crippen LogP contribution is 2.29. The highest BCUT2D eigenvalue weighted by Gasteiger charge is 2.16. The Morgan fingerprint density at radius 3 is 2.60 bits per heavy atom. The van der Waals surface area contributed by atoms with Gasteiger partial charge in [0.1, 0.15) is 11.3 Å². The van der Waals surface area contributed by atoms with Gasteiger partial charge in [0.2, 0.25) is 10.0 Å². The largest absolute Gasteiger partial charge is 0.382 e. The molecule has 0 saturated heterocycles. The average Bonchev–Trinajstić information content (AvgIpc) is 2.93. The van der Waals surface area contributed by atoms with Gasteiger partial charge >= 0.3 is 0 Å². The Hall–Kier alpha value is -2.19. The summed E-state index contributed by atoms with van der Waals surface area (Å²) >= 11 is 0. The Bertz CT molecular complexity index is 1010. The van der Waals surface area contributed by atoms with Crippen LogP contribution in [0.1, 0.15) is 32.0 Å². The molecule has 0 unspecified atom stereocenters. The normalized spacial score (nSPS) is 12.2. The van der Waals surface area contributed by atoms with E-state index in [1.807, 2.05) is 24.3 Å². The minimum Gasteiger partial charge on any atom is -0.382 e. The molecule has 1 aromatic carbocycles. The fraction of sp³-hybridized carbons (Fsp3) is 0.412. The molecule has 0 amide bonds. The maximum absolute atomic E-state index is 11.0. The van der Waals surface area contributed by atoms with E-state index in [4.69, 9.17) is 10.9 Å². The Kier molecular flexibility index (Phi) is 4.91. The number of rotatable bonds is 7. The van der Waals surface area contributed by atoms with Crippen molar-refractivity contribution in [2.24, 2.45) is 5.14 Å². The molecule has 134 valence electrons. The SMILES string of the molecule is CCc1nc2c(N)nc3ccccc3c2n1CCCCCS(N)(=O)=O. The molecule has 0 saturated carbocycles. The number of unbranched alkanes of at least 4 members (excludes halogenated alkanes) is 2. The molecule has 0 aliphatic carbocycles. The zero-order valence-electron chi connectivity index (χ0n) is 14.3. The van der Waals surface area contributed by atoms with E-state index >= 15 is 0 Å². The number of aromatic nitrogens is 3. The van der Waals surface area contributed by atoms with E-state index < -0.39 is 10.0 Å². The number of fused-ring (bicyclic) bond motifs is 3. The molecule has 25 heavy (non-hydrogen) atoms. The number of pyridine rings is 1. The van der Waals surface area contributed by atoms with Crippen molar-refractivity contribution in [1.82, 2.24) is 14.5 Å². The van der Waals surface area contributed by atoms with Gasteiger partial charge in [-0.25, -0.2) is 23.5 Å². The van der Waals surface area contributed by atoms with E-state index in [-0.39, 0.29) is 5.75 Å². The number of imidazole rings is 1. The molecule has 3 rings (SSSR count). The number of hydrogen-bond acceptors (Lipinski definition) is 5.